The number of anilines is 1. The fraction of sp³-hybridized carbons (Fsp3) is 0.273. The van der Waals surface area contributed by atoms with Crippen molar-refractivity contribution >= 4 is 40.8 Å². The molecule has 0 heterocycles. The minimum Gasteiger partial charge on any atom is -0.481 e. The van der Waals surface area contributed by atoms with Gasteiger partial charge in [0.2, 0.25) is 0 Å². The first kappa shape index (κ1) is 14.6. The van der Waals surface area contributed by atoms with Gasteiger partial charge in [0.15, 0.2) is 0 Å². The van der Waals surface area contributed by atoms with Gasteiger partial charge in [0.1, 0.15) is 0 Å². The monoisotopic (exact) mass is 290 g/mol. The molecule has 1 aromatic rings. The average molecular weight is 291 g/mol. The van der Waals surface area contributed by atoms with Crippen LogP contribution in [-0.2, 0) is 4.79 Å². The molecule has 0 bridgehead atoms. The summed E-state index contributed by atoms with van der Waals surface area (Å²) in [6.45, 7) is 0.269. The first-order valence-electron chi connectivity index (χ1n) is 5.16. The van der Waals surface area contributed by atoms with Gasteiger partial charge in [0, 0.05) is 18.5 Å². The van der Waals surface area contributed by atoms with Gasteiger partial charge in [-0.05, 0) is 18.6 Å². The van der Waals surface area contributed by atoms with Crippen LogP contribution in [0.3, 0.4) is 0 Å². The Bertz CT molecular complexity index is 454. The van der Waals surface area contributed by atoms with E-state index < -0.39 is 5.97 Å². The predicted octanol–water partition coefficient (Wildman–Crippen LogP) is 2.17. The van der Waals surface area contributed by atoms with Crippen LogP contribution >= 0.6 is 23.2 Å². The lowest BCUT2D eigenvalue weighted by molar-refractivity contribution is -0.137. The van der Waals surface area contributed by atoms with Crippen molar-refractivity contribution in [2.45, 2.75) is 12.8 Å². The molecule has 5 nitrogen and oxygen atoms in total. The van der Waals surface area contributed by atoms with Crippen molar-refractivity contribution in [3.8, 4) is 0 Å². The van der Waals surface area contributed by atoms with Crippen molar-refractivity contribution in [2.24, 2.45) is 0 Å². The van der Waals surface area contributed by atoms with Gasteiger partial charge < -0.3 is 16.2 Å². The number of nitrogen functional groups attached to an aromatic ring is 1. The summed E-state index contributed by atoms with van der Waals surface area (Å²) < 4.78 is 0. The summed E-state index contributed by atoms with van der Waals surface area (Å²) in [6.07, 6.45) is 0.362. The minimum absolute atomic E-state index is 0.00350. The largest absolute Gasteiger partial charge is 0.481 e. The maximum absolute atomic E-state index is 11.7. The predicted molar refractivity (Wildman–Crippen MR) is 70.1 cm³/mol. The number of nitrogens with one attached hydrogen (secondary N) is 1. The molecule has 4 N–H and O–H groups in total. The van der Waals surface area contributed by atoms with Crippen LogP contribution in [0.4, 0.5) is 5.69 Å². The molecule has 0 atom stereocenters. The molecule has 0 aromatic heterocycles. The Hall–Kier alpha value is -1.46. The van der Waals surface area contributed by atoms with Gasteiger partial charge in [0.25, 0.3) is 5.91 Å². The van der Waals surface area contributed by atoms with Crippen molar-refractivity contribution in [3.63, 3.8) is 0 Å². The molecule has 0 aliphatic carbocycles. The van der Waals surface area contributed by atoms with Crippen LogP contribution in [-0.4, -0.2) is 23.5 Å². The van der Waals surface area contributed by atoms with E-state index >= 15 is 0 Å². The van der Waals surface area contributed by atoms with Crippen molar-refractivity contribution in [1.29, 1.82) is 0 Å². The van der Waals surface area contributed by atoms with Gasteiger partial charge in [-0.1, -0.05) is 23.2 Å². The summed E-state index contributed by atoms with van der Waals surface area (Å²) in [5.41, 5.74) is 6.05. The molecule has 1 rings (SSSR count). The number of amides is 1. The third kappa shape index (κ3) is 4.09. The van der Waals surface area contributed by atoms with Gasteiger partial charge in [-0.3, -0.25) is 9.59 Å². The molecule has 0 aliphatic heterocycles. The number of carboxylic acids is 1. The number of carbonyl (C=O) groups excluding carboxylic acids is 1. The molecule has 1 amide bonds. The topological polar surface area (TPSA) is 92.4 Å². The summed E-state index contributed by atoms with van der Waals surface area (Å²) >= 11 is 11.6. The Morgan fingerprint density at radius 3 is 2.33 bits per heavy atom. The van der Waals surface area contributed by atoms with Crippen LogP contribution in [0.25, 0.3) is 0 Å². The highest BCUT2D eigenvalue weighted by Crippen LogP contribution is 2.28. The highest BCUT2D eigenvalue weighted by atomic mass is 35.5. The van der Waals surface area contributed by atoms with Gasteiger partial charge >= 0.3 is 5.97 Å². The van der Waals surface area contributed by atoms with E-state index in [0.717, 1.165) is 0 Å². The maximum atomic E-state index is 11.7. The Morgan fingerprint density at radius 2 is 1.83 bits per heavy atom. The first-order valence-corrected chi connectivity index (χ1v) is 5.92. The molecule has 0 spiro atoms. The van der Waals surface area contributed by atoms with Crippen molar-refractivity contribution in [1.82, 2.24) is 5.32 Å². The molecular weight excluding hydrogens is 279 g/mol. The molecule has 0 unspecified atom stereocenters. The van der Waals surface area contributed by atoms with Crippen molar-refractivity contribution < 1.29 is 14.7 Å². The third-order valence-electron chi connectivity index (χ3n) is 2.19. The van der Waals surface area contributed by atoms with E-state index in [0.29, 0.717) is 6.42 Å². The number of carbonyl (C=O) groups is 2. The number of halogens is 2. The quantitative estimate of drug-likeness (QED) is 0.572. The lowest BCUT2D eigenvalue weighted by Gasteiger charge is -2.07. The van der Waals surface area contributed by atoms with E-state index in [9.17, 15) is 9.59 Å². The molecule has 0 radical (unpaired) electrons. The van der Waals surface area contributed by atoms with Crippen LogP contribution < -0.4 is 11.1 Å². The zero-order valence-corrected chi connectivity index (χ0v) is 10.9. The van der Waals surface area contributed by atoms with Crippen LogP contribution in [0, 0.1) is 0 Å². The number of aliphatic carboxylic acids is 1. The fourth-order valence-corrected chi connectivity index (χ4v) is 1.75. The molecule has 0 aliphatic rings. The first-order chi connectivity index (χ1) is 8.41. The molecule has 0 saturated carbocycles. The van der Waals surface area contributed by atoms with E-state index in [1.54, 1.807) is 0 Å². The number of benzene rings is 1. The summed E-state index contributed by atoms with van der Waals surface area (Å²) in [4.78, 5) is 22.0. The van der Waals surface area contributed by atoms with Crippen LogP contribution in [0.1, 0.15) is 23.2 Å². The van der Waals surface area contributed by atoms with Crippen LogP contribution in [0.2, 0.25) is 10.0 Å². The normalized spacial score (nSPS) is 10.1. The molecular formula is C11H12Cl2N2O3. The number of hydrogen-bond acceptors (Lipinski definition) is 3. The summed E-state index contributed by atoms with van der Waals surface area (Å²) in [6, 6.07) is 2.82. The second-order valence-corrected chi connectivity index (χ2v) is 4.42. The molecule has 0 saturated heterocycles. The summed E-state index contributed by atoms with van der Waals surface area (Å²) in [7, 11) is 0. The van der Waals surface area contributed by atoms with Gasteiger partial charge in [-0.2, -0.15) is 0 Å². The van der Waals surface area contributed by atoms with Crippen molar-refractivity contribution in [2.75, 3.05) is 12.3 Å². The number of hydrogen-bond donors (Lipinski definition) is 3. The Morgan fingerprint density at radius 1 is 1.28 bits per heavy atom. The standard InChI is InChI=1S/C11H12Cl2N2O3/c12-7-4-6(5-8(13)10(7)14)11(18)15-3-1-2-9(16)17/h4-5H,1-3,14H2,(H,15,18)(H,16,17). The summed E-state index contributed by atoms with van der Waals surface area (Å²) in [5, 5.41) is 11.4. The van der Waals surface area contributed by atoms with Gasteiger partial charge in [0.05, 0.1) is 15.7 Å². The van der Waals surface area contributed by atoms with Crippen LogP contribution in [0.5, 0.6) is 0 Å². The molecule has 7 heteroatoms. The average Bonchev–Trinajstić information content (AvgIpc) is 2.30. The molecule has 98 valence electrons. The number of rotatable bonds is 5. The fourth-order valence-electron chi connectivity index (χ4n) is 1.26. The van der Waals surface area contributed by atoms with E-state index in [-0.39, 0.29) is 40.2 Å². The SMILES string of the molecule is Nc1c(Cl)cc(C(=O)NCCCC(=O)O)cc1Cl. The van der Waals surface area contributed by atoms with E-state index in [2.05, 4.69) is 5.32 Å². The molecule has 1 aromatic carbocycles. The Balaban J connectivity index is 2.59. The Labute approximate surface area is 114 Å². The lowest BCUT2D eigenvalue weighted by atomic mass is 10.2. The number of carboxylic acid groups (broad SMARTS) is 1. The number of nitrogens with two attached hydrogens (primary N) is 1. The van der Waals surface area contributed by atoms with Crippen LogP contribution in [0.15, 0.2) is 12.1 Å². The Kier molecular flexibility index (Phi) is 5.25. The molecule has 18 heavy (non-hydrogen) atoms. The van der Waals surface area contributed by atoms with E-state index in [4.69, 9.17) is 34.0 Å². The van der Waals surface area contributed by atoms with Gasteiger partial charge in [-0.15, -0.1) is 0 Å². The van der Waals surface area contributed by atoms with E-state index in [1.807, 2.05) is 0 Å². The minimum atomic E-state index is -0.900. The zero-order chi connectivity index (χ0) is 13.7. The maximum Gasteiger partial charge on any atom is 0.303 e. The van der Waals surface area contributed by atoms with E-state index in [1.165, 1.54) is 12.1 Å². The zero-order valence-electron chi connectivity index (χ0n) is 9.37. The molecule has 0 fully saturated rings. The third-order valence-corrected chi connectivity index (χ3v) is 2.82. The van der Waals surface area contributed by atoms with Gasteiger partial charge in [-0.25, -0.2) is 0 Å². The highest BCUT2D eigenvalue weighted by Gasteiger charge is 2.10. The highest BCUT2D eigenvalue weighted by molar-refractivity contribution is 6.39. The second-order valence-electron chi connectivity index (χ2n) is 3.61. The second kappa shape index (κ2) is 6.47. The van der Waals surface area contributed by atoms with Crippen molar-refractivity contribution in [3.05, 3.63) is 27.7 Å². The smallest absolute Gasteiger partial charge is 0.303 e. The summed E-state index contributed by atoms with van der Waals surface area (Å²) in [5.74, 6) is -1.27. The lowest BCUT2D eigenvalue weighted by Crippen LogP contribution is -2.25.